The molecule has 2 rings (SSSR count). The molecule has 1 unspecified atom stereocenters. The predicted molar refractivity (Wildman–Crippen MR) is 87.2 cm³/mol. The van der Waals surface area contributed by atoms with Gasteiger partial charge in [0.25, 0.3) is 5.92 Å². The fraction of sp³-hybridized carbons (Fsp3) is 0.250. The van der Waals surface area contributed by atoms with Crippen LogP contribution in [0.4, 0.5) is 19.3 Å². The van der Waals surface area contributed by atoms with Crippen molar-refractivity contribution in [3.63, 3.8) is 0 Å². The molecule has 0 aliphatic rings. The first-order valence-corrected chi connectivity index (χ1v) is 7.45. The van der Waals surface area contributed by atoms with Crippen molar-refractivity contribution >= 4 is 23.3 Å². The Morgan fingerprint density at radius 2 is 2.12 bits per heavy atom. The summed E-state index contributed by atoms with van der Waals surface area (Å²) in [5, 5.41) is 15.3. The maximum Gasteiger partial charge on any atom is 0.319 e. The molecule has 128 valence electrons. The summed E-state index contributed by atoms with van der Waals surface area (Å²) in [5.74, 6) is -3.05. The molecule has 1 heterocycles. The number of hydrogen-bond acceptors (Lipinski definition) is 3. The van der Waals surface area contributed by atoms with E-state index in [9.17, 15) is 18.7 Å². The van der Waals surface area contributed by atoms with Crippen LogP contribution in [0.5, 0.6) is 0 Å². The second-order valence-corrected chi connectivity index (χ2v) is 5.69. The highest BCUT2D eigenvalue weighted by molar-refractivity contribution is 6.30. The first kappa shape index (κ1) is 18.1. The smallest absolute Gasteiger partial charge is 0.319 e. The Bertz CT molecular complexity index is 722. The molecule has 1 aromatic heterocycles. The van der Waals surface area contributed by atoms with Gasteiger partial charge in [-0.25, -0.2) is 13.6 Å². The average molecular weight is 356 g/mol. The highest BCUT2D eigenvalue weighted by Gasteiger charge is 2.25. The van der Waals surface area contributed by atoms with Crippen LogP contribution >= 0.6 is 11.6 Å². The lowest BCUT2D eigenvalue weighted by atomic mass is 10.1. The van der Waals surface area contributed by atoms with Crippen molar-refractivity contribution in [2.45, 2.75) is 19.0 Å². The minimum Gasteiger partial charge on any atom is -0.387 e. The molecule has 1 aromatic carbocycles. The quantitative estimate of drug-likeness (QED) is 0.765. The first-order valence-electron chi connectivity index (χ1n) is 7.07. The number of hydrogen-bond donors (Lipinski definition) is 3. The van der Waals surface area contributed by atoms with Gasteiger partial charge < -0.3 is 15.7 Å². The summed E-state index contributed by atoms with van der Waals surface area (Å²) >= 11 is 5.83. The molecule has 0 bridgehead atoms. The molecule has 2 aromatic rings. The normalized spacial score (nSPS) is 12.5. The van der Waals surface area contributed by atoms with Crippen molar-refractivity contribution in [3.8, 4) is 0 Å². The van der Waals surface area contributed by atoms with E-state index in [2.05, 4.69) is 15.6 Å². The number of nitrogens with zero attached hydrogens (tertiary/aromatic N) is 1. The number of alkyl halides is 2. The van der Waals surface area contributed by atoms with Gasteiger partial charge in [-0.1, -0.05) is 23.7 Å². The number of urea groups is 1. The lowest BCUT2D eigenvalue weighted by molar-refractivity contribution is 0.0172. The van der Waals surface area contributed by atoms with E-state index in [0.717, 1.165) is 19.2 Å². The topological polar surface area (TPSA) is 74.2 Å². The van der Waals surface area contributed by atoms with Crippen LogP contribution in [0, 0.1) is 0 Å². The van der Waals surface area contributed by atoms with Gasteiger partial charge in [-0.15, -0.1) is 0 Å². The molecule has 0 saturated heterocycles. The van der Waals surface area contributed by atoms with Crippen LogP contribution in [0.1, 0.15) is 24.2 Å². The van der Waals surface area contributed by atoms with Gasteiger partial charge in [0.05, 0.1) is 18.0 Å². The van der Waals surface area contributed by atoms with Crippen molar-refractivity contribution in [1.82, 2.24) is 10.3 Å². The van der Waals surface area contributed by atoms with Crippen LogP contribution in [-0.4, -0.2) is 22.7 Å². The van der Waals surface area contributed by atoms with Crippen molar-refractivity contribution in [2.75, 3.05) is 11.9 Å². The molecule has 0 aliphatic heterocycles. The average Bonchev–Trinajstić information content (AvgIpc) is 2.52. The Morgan fingerprint density at radius 1 is 1.38 bits per heavy atom. The highest BCUT2D eigenvalue weighted by Crippen LogP contribution is 2.27. The van der Waals surface area contributed by atoms with Gasteiger partial charge in [-0.2, -0.15) is 0 Å². The van der Waals surface area contributed by atoms with Crippen LogP contribution in [0.3, 0.4) is 0 Å². The van der Waals surface area contributed by atoms with Crippen molar-refractivity contribution < 1.29 is 18.7 Å². The summed E-state index contributed by atoms with van der Waals surface area (Å²) in [6.07, 6.45) is 1.34. The Kier molecular flexibility index (Phi) is 5.69. The highest BCUT2D eigenvalue weighted by atomic mass is 35.5. The Balaban J connectivity index is 1.92. The lowest BCUT2D eigenvalue weighted by Gasteiger charge is -2.14. The third kappa shape index (κ3) is 5.14. The van der Waals surface area contributed by atoms with Crippen LogP contribution in [0.25, 0.3) is 0 Å². The number of aliphatic hydroxyl groups excluding tert-OH is 1. The van der Waals surface area contributed by atoms with Crippen LogP contribution in [0.2, 0.25) is 5.02 Å². The summed E-state index contributed by atoms with van der Waals surface area (Å²) in [7, 11) is 0. The number of rotatable bonds is 5. The van der Waals surface area contributed by atoms with E-state index in [0.29, 0.717) is 10.6 Å². The Hall–Kier alpha value is -2.25. The van der Waals surface area contributed by atoms with Gasteiger partial charge >= 0.3 is 6.03 Å². The lowest BCUT2D eigenvalue weighted by Crippen LogP contribution is -2.32. The zero-order valence-electron chi connectivity index (χ0n) is 12.8. The van der Waals surface area contributed by atoms with Crippen LogP contribution < -0.4 is 10.6 Å². The molecule has 0 radical (unpaired) electrons. The third-order valence-electron chi connectivity index (χ3n) is 3.19. The second kappa shape index (κ2) is 7.55. The summed E-state index contributed by atoms with van der Waals surface area (Å²) in [4.78, 5) is 15.5. The molecule has 24 heavy (non-hydrogen) atoms. The maximum absolute atomic E-state index is 13.2. The number of aromatic nitrogens is 1. The number of carbonyl (C=O) groups is 1. The van der Waals surface area contributed by atoms with E-state index in [-0.39, 0.29) is 17.8 Å². The number of halogens is 3. The largest absolute Gasteiger partial charge is 0.387 e. The predicted octanol–water partition coefficient (Wildman–Crippen LogP) is 3.70. The van der Waals surface area contributed by atoms with E-state index < -0.39 is 18.1 Å². The SMILES string of the molecule is CC(F)(F)c1cncc(NC(=O)NCC(O)c2cccc(Cl)c2)c1. The minimum atomic E-state index is -3.05. The van der Waals surface area contributed by atoms with Gasteiger partial charge in [-0.05, 0) is 23.8 Å². The second-order valence-electron chi connectivity index (χ2n) is 5.26. The van der Waals surface area contributed by atoms with Gasteiger partial charge in [-0.3, -0.25) is 4.98 Å². The molecule has 0 saturated carbocycles. The van der Waals surface area contributed by atoms with E-state index in [1.54, 1.807) is 24.3 Å². The fourth-order valence-corrected chi connectivity index (χ4v) is 2.14. The number of anilines is 1. The molecule has 8 heteroatoms. The van der Waals surface area contributed by atoms with Crippen molar-refractivity contribution in [3.05, 3.63) is 58.9 Å². The zero-order chi connectivity index (χ0) is 17.7. The maximum atomic E-state index is 13.2. The Morgan fingerprint density at radius 3 is 2.79 bits per heavy atom. The molecule has 2 amide bonds. The number of nitrogens with one attached hydrogen (secondary N) is 2. The molecule has 1 atom stereocenters. The minimum absolute atomic E-state index is 0.0662. The van der Waals surface area contributed by atoms with Crippen LogP contribution in [0.15, 0.2) is 42.7 Å². The first-order chi connectivity index (χ1) is 11.3. The molecule has 0 fully saturated rings. The Labute approximate surface area is 142 Å². The number of aliphatic hydroxyl groups is 1. The molecule has 0 spiro atoms. The van der Waals surface area contributed by atoms with Gasteiger partial charge in [0.1, 0.15) is 0 Å². The summed E-state index contributed by atoms with van der Waals surface area (Å²) in [5.41, 5.74) is 0.375. The molecular formula is C16H16ClF2N3O2. The monoisotopic (exact) mass is 355 g/mol. The summed E-state index contributed by atoms with van der Waals surface area (Å²) < 4.78 is 26.5. The number of amides is 2. The molecule has 3 N–H and O–H groups in total. The van der Waals surface area contributed by atoms with Gasteiger partial charge in [0.15, 0.2) is 0 Å². The van der Waals surface area contributed by atoms with E-state index in [4.69, 9.17) is 11.6 Å². The standard InChI is InChI=1S/C16H16ClF2N3O2/c1-16(18,19)11-6-13(8-20-7-11)22-15(24)21-9-14(23)10-3-2-4-12(17)5-10/h2-8,14,23H,9H2,1H3,(H2,21,22,24). The molecule has 0 aliphatic carbocycles. The van der Waals surface area contributed by atoms with Crippen LogP contribution in [-0.2, 0) is 5.92 Å². The van der Waals surface area contributed by atoms with Crippen molar-refractivity contribution in [1.29, 1.82) is 0 Å². The van der Waals surface area contributed by atoms with Gasteiger partial charge in [0, 0.05) is 30.3 Å². The number of carbonyl (C=O) groups excluding carboxylic acids is 1. The van der Waals surface area contributed by atoms with E-state index in [1.165, 1.54) is 6.20 Å². The fourth-order valence-electron chi connectivity index (χ4n) is 1.94. The summed E-state index contributed by atoms with van der Waals surface area (Å²) in [6, 6.07) is 7.11. The van der Waals surface area contributed by atoms with E-state index >= 15 is 0 Å². The number of benzene rings is 1. The number of pyridine rings is 1. The third-order valence-corrected chi connectivity index (χ3v) is 3.43. The molecule has 5 nitrogen and oxygen atoms in total. The van der Waals surface area contributed by atoms with Crippen molar-refractivity contribution in [2.24, 2.45) is 0 Å². The van der Waals surface area contributed by atoms with E-state index in [1.807, 2.05) is 0 Å². The zero-order valence-corrected chi connectivity index (χ0v) is 13.5. The summed E-state index contributed by atoms with van der Waals surface area (Å²) in [6.45, 7) is 0.679. The molecular weight excluding hydrogens is 340 g/mol. The van der Waals surface area contributed by atoms with Gasteiger partial charge in [0.2, 0.25) is 0 Å².